The highest BCUT2D eigenvalue weighted by molar-refractivity contribution is 7.99. The topological polar surface area (TPSA) is 52.9 Å². The van der Waals surface area contributed by atoms with Crippen LogP contribution in [0.2, 0.25) is 0 Å². The van der Waals surface area contributed by atoms with E-state index in [2.05, 4.69) is 11.4 Å². The first-order valence-corrected chi connectivity index (χ1v) is 5.74. The zero-order valence-corrected chi connectivity index (χ0v) is 9.20. The number of hydrogen-bond acceptors (Lipinski definition) is 3. The molecule has 0 aliphatic heterocycles. The van der Waals surface area contributed by atoms with Crippen LogP contribution in [0.4, 0.5) is 0 Å². The Morgan fingerprint density at radius 1 is 1.54 bits per heavy atom. The Hall–Kier alpha value is -0.690. The summed E-state index contributed by atoms with van der Waals surface area (Å²) >= 11 is 1.46. The van der Waals surface area contributed by atoms with E-state index >= 15 is 0 Å². The van der Waals surface area contributed by atoms with Gasteiger partial charge in [0.05, 0.1) is 11.8 Å². The quantitative estimate of drug-likeness (QED) is 0.732. The number of nitriles is 1. The third-order valence-electron chi connectivity index (χ3n) is 2.08. The Bertz CT molecular complexity index is 206. The molecule has 3 nitrogen and oxygen atoms in total. The monoisotopic (exact) mass is 200 g/mol. The molecule has 74 valence electrons. The van der Waals surface area contributed by atoms with Gasteiger partial charge in [-0.3, -0.25) is 4.79 Å². The zero-order valence-electron chi connectivity index (χ0n) is 8.39. The van der Waals surface area contributed by atoms with Gasteiger partial charge in [0.15, 0.2) is 0 Å². The fourth-order valence-corrected chi connectivity index (χ4v) is 1.38. The van der Waals surface area contributed by atoms with Gasteiger partial charge < -0.3 is 5.32 Å². The van der Waals surface area contributed by atoms with Crippen LogP contribution in [0.3, 0.4) is 0 Å². The van der Waals surface area contributed by atoms with Crippen molar-refractivity contribution in [2.24, 2.45) is 0 Å². The Balaban J connectivity index is 4.27. The summed E-state index contributed by atoms with van der Waals surface area (Å²) in [5, 5.41) is 11.7. The minimum absolute atomic E-state index is 0.0576. The van der Waals surface area contributed by atoms with Crippen LogP contribution >= 0.6 is 11.8 Å². The van der Waals surface area contributed by atoms with Crippen molar-refractivity contribution in [3.8, 4) is 6.07 Å². The lowest BCUT2D eigenvalue weighted by molar-refractivity contribution is -0.119. The molecule has 0 aliphatic rings. The van der Waals surface area contributed by atoms with E-state index in [0.29, 0.717) is 18.6 Å². The van der Waals surface area contributed by atoms with Gasteiger partial charge >= 0.3 is 0 Å². The van der Waals surface area contributed by atoms with Gasteiger partial charge in [-0.1, -0.05) is 13.8 Å². The molecule has 0 unspecified atom stereocenters. The van der Waals surface area contributed by atoms with Crippen LogP contribution in [0.1, 0.15) is 26.7 Å². The first kappa shape index (κ1) is 12.3. The Labute approximate surface area is 83.9 Å². The molecule has 4 heteroatoms. The second kappa shape index (κ2) is 5.87. The first-order valence-electron chi connectivity index (χ1n) is 4.35. The minimum atomic E-state index is -0.660. The molecular weight excluding hydrogens is 184 g/mol. The summed E-state index contributed by atoms with van der Waals surface area (Å²) in [5.41, 5.74) is -0.660. The molecule has 0 aromatic heterocycles. The molecule has 0 aliphatic carbocycles. The van der Waals surface area contributed by atoms with E-state index < -0.39 is 5.54 Å². The van der Waals surface area contributed by atoms with E-state index in [-0.39, 0.29) is 5.91 Å². The third-order valence-corrected chi connectivity index (χ3v) is 2.63. The normalized spacial score (nSPS) is 10.6. The highest BCUT2D eigenvalue weighted by Crippen LogP contribution is 2.13. The van der Waals surface area contributed by atoms with Gasteiger partial charge in [0.2, 0.25) is 5.91 Å². The molecule has 0 saturated carbocycles. The van der Waals surface area contributed by atoms with E-state index in [4.69, 9.17) is 5.26 Å². The smallest absolute Gasteiger partial charge is 0.231 e. The molecule has 0 heterocycles. The number of rotatable bonds is 5. The molecule has 0 bridgehead atoms. The van der Waals surface area contributed by atoms with Gasteiger partial charge in [0.25, 0.3) is 0 Å². The van der Waals surface area contributed by atoms with Crippen LogP contribution in [0, 0.1) is 11.3 Å². The summed E-state index contributed by atoms with van der Waals surface area (Å²) < 4.78 is 0. The van der Waals surface area contributed by atoms with Crippen LogP contribution in [0.5, 0.6) is 0 Å². The highest BCUT2D eigenvalue weighted by Gasteiger charge is 2.27. The maximum Gasteiger partial charge on any atom is 0.231 e. The van der Waals surface area contributed by atoms with Gasteiger partial charge in [-0.05, 0) is 19.1 Å². The fraction of sp³-hybridized carbons (Fsp3) is 0.778. The van der Waals surface area contributed by atoms with E-state index in [1.807, 2.05) is 20.1 Å². The van der Waals surface area contributed by atoms with E-state index in [1.165, 1.54) is 11.8 Å². The standard InChI is InChI=1S/C9H16N2OS/c1-4-9(5-2,7-10)11-8(12)6-13-3/h4-6H2,1-3H3,(H,11,12). The van der Waals surface area contributed by atoms with Gasteiger partial charge in [-0.15, -0.1) is 0 Å². The summed E-state index contributed by atoms with van der Waals surface area (Å²) in [4.78, 5) is 11.3. The maximum absolute atomic E-state index is 11.3. The van der Waals surface area contributed by atoms with Crippen molar-refractivity contribution in [2.75, 3.05) is 12.0 Å². The predicted molar refractivity (Wildman–Crippen MR) is 55.5 cm³/mol. The minimum Gasteiger partial charge on any atom is -0.337 e. The molecule has 0 spiro atoms. The molecular formula is C9H16N2OS. The Kier molecular flexibility index (Phi) is 5.56. The van der Waals surface area contributed by atoms with Gasteiger partial charge in [0, 0.05) is 0 Å². The van der Waals surface area contributed by atoms with Crippen molar-refractivity contribution in [1.29, 1.82) is 5.26 Å². The van der Waals surface area contributed by atoms with Gasteiger partial charge in [0.1, 0.15) is 5.54 Å². The van der Waals surface area contributed by atoms with Crippen LogP contribution in [0.25, 0.3) is 0 Å². The van der Waals surface area contributed by atoms with Crippen LogP contribution in [-0.4, -0.2) is 23.5 Å². The van der Waals surface area contributed by atoms with Gasteiger partial charge in [-0.2, -0.15) is 17.0 Å². The SMILES string of the molecule is CCC(C#N)(CC)NC(=O)CSC. The fourth-order valence-electron chi connectivity index (χ4n) is 1.05. The third kappa shape index (κ3) is 3.69. The summed E-state index contributed by atoms with van der Waals surface area (Å²) in [6.07, 6.45) is 3.17. The average molecular weight is 200 g/mol. The lowest BCUT2D eigenvalue weighted by Gasteiger charge is -2.24. The van der Waals surface area contributed by atoms with E-state index in [0.717, 1.165) is 0 Å². The number of carbonyl (C=O) groups is 1. The van der Waals surface area contributed by atoms with E-state index in [9.17, 15) is 4.79 Å². The summed E-state index contributed by atoms with van der Waals surface area (Å²) in [7, 11) is 0. The van der Waals surface area contributed by atoms with Crippen molar-refractivity contribution in [3.63, 3.8) is 0 Å². The number of hydrogen-bond donors (Lipinski definition) is 1. The second-order valence-electron chi connectivity index (χ2n) is 2.88. The molecule has 0 rings (SSSR count). The van der Waals surface area contributed by atoms with Crippen molar-refractivity contribution in [1.82, 2.24) is 5.32 Å². The Morgan fingerprint density at radius 2 is 2.08 bits per heavy atom. The summed E-state index contributed by atoms with van der Waals surface area (Å²) in [6, 6.07) is 2.16. The molecule has 1 N–H and O–H groups in total. The van der Waals surface area contributed by atoms with Crippen LogP contribution in [0.15, 0.2) is 0 Å². The Morgan fingerprint density at radius 3 is 2.38 bits per heavy atom. The molecule has 0 aromatic carbocycles. The summed E-state index contributed by atoms with van der Waals surface area (Å²) in [6.45, 7) is 3.82. The molecule has 0 saturated heterocycles. The molecule has 0 radical (unpaired) electrons. The van der Waals surface area contributed by atoms with Crippen LogP contribution < -0.4 is 5.32 Å². The van der Waals surface area contributed by atoms with Crippen LogP contribution in [-0.2, 0) is 4.79 Å². The van der Waals surface area contributed by atoms with Gasteiger partial charge in [-0.25, -0.2) is 0 Å². The molecule has 0 aromatic rings. The average Bonchev–Trinajstić information content (AvgIpc) is 2.15. The predicted octanol–water partition coefficient (Wildman–Crippen LogP) is 1.55. The second-order valence-corrected chi connectivity index (χ2v) is 3.75. The molecule has 13 heavy (non-hydrogen) atoms. The van der Waals surface area contributed by atoms with Crippen molar-refractivity contribution < 1.29 is 4.79 Å². The number of thioether (sulfide) groups is 1. The van der Waals surface area contributed by atoms with Crippen molar-refractivity contribution in [3.05, 3.63) is 0 Å². The van der Waals surface area contributed by atoms with E-state index in [1.54, 1.807) is 0 Å². The number of nitrogens with one attached hydrogen (secondary N) is 1. The lowest BCUT2D eigenvalue weighted by Crippen LogP contribution is -2.47. The highest BCUT2D eigenvalue weighted by atomic mass is 32.2. The summed E-state index contributed by atoms with van der Waals surface area (Å²) in [5.74, 6) is 0.362. The molecule has 0 atom stereocenters. The van der Waals surface area contributed by atoms with Crippen molar-refractivity contribution >= 4 is 17.7 Å². The number of nitrogens with zero attached hydrogens (tertiary/aromatic N) is 1. The first-order chi connectivity index (χ1) is 6.14. The lowest BCUT2D eigenvalue weighted by atomic mass is 9.95. The molecule has 1 amide bonds. The maximum atomic E-state index is 11.3. The molecule has 0 fully saturated rings. The number of amides is 1. The largest absolute Gasteiger partial charge is 0.337 e. The number of carbonyl (C=O) groups excluding carboxylic acids is 1. The zero-order chi connectivity index (χ0) is 10.3. The van der Waals surface area contributed by atoms with Crippen molar-refractivity contribution in [2.45, 2.75) is 32.2 Å².